The lowest BCUT2D eigenvalue weighted by molar-refractivity contribution is 0.0955. The van der Waals surface area contributed by atoms with Crippen molar-refractivity contribution in [1.29, 1.82) is 0 Å². The van der Waals surface area contributed by atoms with Gasteiger partial charge in [0.1, 0.15) is 0 Å². The maximum atomic E-state index is 12.4. The van der Waals surface area contributed by atoms with Gasteiger partial charge < -0.3 is 14.8 Å². The maximum absolute atomic E-state index is 12.4. The van der Waals surface area contributed by atoms with Crippen molar-refractivity contribution < 1.29 is 14.3 Å². The van der Waals surface area contributed by atoms with E-state index in [0.29, 0.717) is 23.6 Å². The van der Waals surface area contributed by atoms with Crippen molar-refractivity contribution in [1.82, 2.24) is 5.32 Å². The van der Waals surface area contributed by atoms with E-state index in [4.69, 9.17) is 21.1 Å². The summed E-state index contributed by atoms with van der Waals surface area (Å²) >= 11 is 9.64. The van der Waals surface area contributed by atoms with E-state index in [2.05, 4.69) is 27.9 Å². The van der Waals surface area contributed by atoms with Crippen molar-refractivity contribution in [3.8, 4) is 11.5 Å². The molecule has 0 aromatic heterocycles. The lowest BCUT2D eigenvalue weighted by Gasteiger charge is -2.12. The predicted octanol–water partition coefficient (Wildman–Crippen LogP) is 4.48. The zero-order valence-corrected chi connectivity index (χ0v) is 17.0. The van der Waals surface area contributed by atoms with Gasteiger partial charge in [0.25, 0.3) is 5.91 Å². The van der Waals surface area contributed by atoms with E-state index in [9.17, 15) is 4.79 Å². The Morgan fingerprint density at radius 3 is 2.42 bits per heavy atom. The van der Waals surface area contributed by atoms with Crippen LogP contribution < -0.4 is 14.8 Å². The quantitative estimate of drug-likeness (QED) is 0.363. The first-order valence-corrected chi connectivity index (χ1v) is 9.57. The Kier molecular flexibility index (Phi) is 7.51. The van der Waals surface area contributed by atoms with Crippen molar-refractivity contribution >= 4 is 51.9 Å². The Hall–Kier alpha value is -1.12. The van der Waals surface area contributed by atoms with Crippen LogP contribution in [0.4, 0.5) is 0 Å². The first kappa shape index (κ1) is 19.2. The molecular formula is C17H17ClINO3S. The number of carbonyl (C=O) groups excluding carboxylic acids is 1. The number of methoxy groups -OCH3 is 2. The smallest absolute Gasteiger partial charge is 0.252 e. The van der Waals surface area contributed by atoms with Gasteiger partial charge in [-0.25, -0.2) is 0 Å². The van der Waals surface area contributed by atoms with Gasteiger partial charge in [0.2, 0.25) is 0 Å². The van der Waals surface area contributed by atoms with Crippen LogP contribution in [0.3, 0.4) is 0 Å². The van der Waals surface area contributed by atoms with E-state index >= 15 is 0 Å². The van der Waals surface area contributed by atoms with Crippen molar-refractivity contribution in [2.24, 2.45) is 0 Å². The van der Waals surface area contributed by atoms with Gasteiger partial charge >= 0.3 is 0 Å². The van der Waals surface area contributed by atoms with Gasteiger partial charge in [-0.05, 0) is 59.0 Å². The molecule has 2 aromatic rings. The third kappa shape index (κ3) is 5.19. The summed E-state index contributed by atoms with van der Waals surface area (Å²) in [6, 6.07) is 11.1. The van der Waals surface area contributed by atoms with E-state index in [-0.39, 0.29) is 5.91 Å². The van der Waals surface area contributed by atoms with E-state index in [1.54, 1.807) is 38.1 Å². The molecule has 0 saturated heterocycles. The second-order valence-corrected chi connectivity index (χ2v) is 7.51. The zero-order valence-electron chi connectivity index (χ0n) is 13.3. The minimum atomic E-state index is -0.128. The van der Waals surface area contributed by atoms with Crippen LogP contribution in [-0.2, 0) is 0 Å². The van der Waals surface area contributed by atoms with Crippen LogP contribution in [0.25, 0.3) is 0 Å². The van der Waals surface area contributed by atoms with Gasteiger partial charge in [-0.2, -0.15) is 0 Å². The standard InChI is InChI=1S/C17H17ClINO3S/c1-22-15-9-13(14(19)10-16(15)23-2)17(21)20-7-8-24-12-5-3-11(18)4-6-12/h3-6,9-10H,7-8H2,1-2H3,(H,20,21). The number of rotatable bonds is 7. The number of nitrogens with one attached hydrogen (secondary N) is 1. The molecule has 0 fully saturated rings. The Bertz CT molecular complexity index is 710. The van der Waals surface area contributed by atoms with Crippen LogP contribution in [0.2, 0.25) is 5.02 Å². The van der Waals surface area contributed by atoms with Crippen LogP contribution in [0.5, 0.6) is 11.5 Å². The van der Waals surface area contributed by atoms with E-state index in [0.717, 1.165) is 19.2 Å². The van der Waals surface area contributed by atoms with Gasteiger partial charge in [0.05, 0.1) is 19.8 Å². The fourth-order valence-corrected chi connectivity index (χ4v) is 3.57. The maximum Gasteiger partial charge on any atom is 0.252 e. The van der Waals surface area contributed by atoms with Crippen LogP contribution >= 0.6 is 46.0 Å². The lowest BCUT2D eigenvalue weighted by atomic mass is 10.2. The molecule has 0 heterocycles. The highest BCUT2D eigenvalue weighted by molar-refractivity contribution is 14.1. The summed E-state index contributed by atoms with van der Waals surface area (Å²) in [7, 11) is 3.12. The summed E-state index contributed by atoms with van der Waals surface area (Å²) in [5, 5.41) is 3.64. The number of ether oxygens (including phenoxy) is 2. The molecule has 2 rings (SSSR count). The molecule has 0 spiro atoms. The zero-order chi connectivity index (χ0) is 17.5. The highest BCUT2D eigenvalue weighted by atomic mass is 127. The fraction of sp³-hybridized carbons (Fsp3) is 0.235. The molecule has 0 atom stereocenters. The van der Waals surface area contributed by atoms with Crippen molar-refractivity contribution in [2.75, 3.05) is 26.5 Å². The molecule has 0 unspecified atom stereocenters. The van der Waals surface area contributed by atoms with Crippen LogP contribution in [0.15, 0.2) is 41.3 Å². The molecule has 0 saturated carbocycles. The van der Waals surface area contributed by atoms with Gasteiger partial charge in [0.15, 0.2) is 11.5 Å². The average Bonchev–Trinajstić information content (AvgIpc) is 2.59. The molecule has 0 aliphatic rings. The Labute approximate surface area is 164 Å². The molecule has 0 aliphatic carbocycles. The third-order valence-corrected chi connectivity index (χ3v) is 5.35. The van der Waals surface area contributed by atoms with Crippen LogP contribution in [0, 0.1) is 3.57 Å². The molecule has 0 radical (unpaired) electrons. The van der Waals surface area contributed by atoms with Crippen LogP contribution in [0.1, 0.15) is 10.4 Å². The second kappa shape index (κ2) is 9.39. The lowest BCUT2D eigenvalue weighted by Crippen LogP contribution is -2.26. The normalized spacial score (nSPS) is 10.3. The molecule has 0 aliphatic heterocycles. The van der Waals surface area contributed by atoms with Gasteiger partial charge in [-0.3, -0.25) is 4.79 Å². The minimum Gasteiger partial charge on any atom is -0.493 e. The van der Waals surface area contributed by atoms with E-state index in [1.165, 1.54) is 0 Å². The number of hydrogen-bond donors (Lipinski definition) is 1. The summed E-state index contributed by atoms with van der Waals surface area (Å²) < 4.78 is 11.3. The summed E-state index contributed by atoms with van der Waals surface area (Å²) in [4.78, 5) is 13.5. The predicted molar refractivity (Wildman–Crippen MR) is 107 cm³/mol. The molecule has 128 valence electrons. The summed E-state index contributed by atoms with van der Waals surface area (Å²) in [6.07, 6.45) is 0. The SMILES string of the molecule is COc1cc(I)c(C(=O)NCCSc2ccc(Cl)cc2)cc1OC. The number of thioether (sulfide) groups is 1. The van der Waals surface area contributed by atoms with Gasteiger partial charge in [0, 0.05) is 25.8 Å². The first-order chi connectivity index (χ1) is 11.5. The number of halogens is 2. The van der Waals surface area contributed by atoms with Crippen LogP contribution in [-0.4, -0.2) is 32.4 Å². The molecule has 1 amide bonds. The van der Waals surface area contributed by atoms with Crippen molar-refractivity contribution in [2.45, 2.75) is 4.90 Å². The second-order valence-electron chi connectivity index (χ2n) is 4.75. The molecule has 7 heteroatoms. The van der Waals surface area contributed by atoms with E-state index < -0.39 is 0 Å². The minimum absolute atomic E-state index is 0.128. The summed E-state index contributed by atoms with van der Waals surface area (Å²) in [6.45, 7) is 0.566. The fourth-order valence-electron chi connectivity index (χ4n) is 1.99. The van der Waals surface area contributed by atoms with Crippen molar-refractivity contribution in [3.05, 3.63) is 50.6 Å². The van der Waals surface area contributed by atoms with Gasteiger partial charge in [-0.1, -0.05) is 11.6 Å². The molecule has 1 N–H and O–H groups in total. The highest BCUT2D eigenvalue weighted by Crippen LogP contribution is 2.31. The Morgan fingerprint density at radius 2 is 1.79 bits per heavy atom. The number of hydrogen-bond acceptors (Lipinski definition) is 4. The average molecular weight is 478 g/mol. The molecule has 2 aromatic carbocycles. The highest BCUT2D eigenvalue weighted by Gasteiger charge is 2.15. The molecule has 24 heavy (non-hydrogen) atoms. The topological polar surface area (TPSA) is 47.6 Å². The number of carbonyl (C=O) groups is 1. The first-order valence-electron chi connectivity index (χ1n) is 7.13. The Morgan fingerprint density at radius 1 is 1.17 bits per heavy atom. The molecular weight excluding hydrogens is 461 g/mol. The summed E-state index contributed by atoms with van der Waals surface area (Å²) in [5.74, 6) is 1.80. The monoisotopic (exact) mass is 477 g/mol. The Balaban J connectivity index is 1.91. The summed E-state index contributed by atoms with van der Waals surface area (Å²) in [5.41, 5.74) is 0.574. The van der Waals surface area contributed by atoms with Gasteiger partial charge in [-0.15, -0.1) is 11.8 Å². The van der Waals surface area contributed by atoms with E-state index in [1.807, 2.05) is 24.3 Å². The number of amides is 1. The molecule has 4 nitrogen and oxygen atoms in total. The molecule has 0 bridgehead atoms. The number of benzene rings is 2. The van der Waals surface area contributed by atoms with Crippen molar-refractivity contribution in [3.63, 3.8) is 0 Å². The largest absolute Gasteiger partial charge is 0.493 e. The third-order valence-electron chi connectivity index (χ3n) is 3.19.